The number of carbonyl (C=O) groups is 1. The number of sulfonamides is 1. The molecule has 1 aromatic rings. The fourth-order valence-corrected chi connectivity index (χ4v) is 4.59. The molecule has 0 aromatic heterocycles. The van der Waals surface area contributed by atoms with Crippen LogP contribution in [0.5, 0.6) is 0 Å². The second kappa shape index (κ2) is 6.84. The SMILES string of the molecule is Cc1ccc(C)c(S(=O)(=O)NC2CCN(C(=O)C(C)(C)C)CC2)c1. The molecule has 6 heteroatoms. The van der Waals surface area contributed by atoms with Gasteiger partial charge >= 0.3 is 0 Å². The number of aryl methyl sites for hydroxylation is 2. The van der Waals surface area contributed by atoms with E-state index in [-0.39, 0.29) is 11.9 Å². The molecule has 134 valence electrons. The minimum atomic E-state index is -3.53. The van der Waals surface area contributed by atoms with Crippen molar-refractivity contribution in [3.8, 4) is 0 Å². The summed E-state index contributed by atoms with van der Waals surface area (Å²) in [6.07, 6.45) is 1.29. The molecule has 1 heterocycles. The fourth-order valence-electron chi connectivity index (χ4n) is 2.95. The Labute approximate surface area is 145 Å². The van der Waals surface area contributed by atoms with Crippen LogP contribution in [0.2, 0.25) is 0 Å². The van der Waals surface area contributed by atoms with Crippen molar-refractivity contribution in [3.63, 3.8) is 0 Å². The Bertz CT molecular complexity index is 712. The Morgan fingerprint density at radius 1 is 1.17 bits per heavy atom. The van der Waals surface area contributed by atoms with Gasteiger partial charge in [0, 0.05) is 24.5 Å². The summed E-state index contributed by atoms with van der Waals surface area (Å²) in [5.74, 6) is 0.123. The number of hydrogen-bond donors (Lipinski definition) is 1. The maximum atomic E-state index is 12.7. The third-order valence-electron chi connectivity index (χ3n) is 4.38. The van der Waals surface area contributed by atoms with Gasteiger partial charge in [0.1, 0.15) is 0 Å². The number of rotatable bonds is 3. The van der Waals surface area contributed by atoms with Crippen LogP contribution in [0.15, 0.2) is 23.1 Å². The number of likely N-dealkylation sites (tertiary alicyclic amines) is 1. The first kappa shape index (κ1) is 18.9. The van der Waals surface area contributed by atoms with Crippen molar-refractivity contribution in [2.45, 2.75) is 58.4 Å². The molecule has 1 aromatic carbocycles. The van der Waals surface area contributed by atoms with E-state index in [4.69, 9.17) is 0 Å². The fraction of sp³-hybridized carbons (Fsp3) is 0.611. The van der Waals surface area contributed by atoms with Crippen LogP contribution >= 0.6 is 0 Å². The average Bonchev–Trinajstić information content (AvgIpc) is 2.48. The Hall–Kier alpha value is -1.40. The first-order valence-electron chi connectivity index (χ1n) is 8.39. The Morgan fingerprint density at radius 2 is 1.75 bits per heavy atom. The molecule has 1 aliphatic rings. The molecule has 0 saturated carbocycles. The summed E-state index contributed by atoms with van der Waals surface area (Å²) in [5.41, 5.74) is 1.27. The van der Waals surface area contributed by atoms with Crippen molar-refractivity contribution >= 4 is 15.9 Å². The van der Waals surface area contributed by atoms with E-state index in [1.54, 1.807) is 13.0 Å². The van der Waals surface area contributed by atoms with E-state index >= 15 is 0 Å². The highest BCUT2D eigenvalue weighted by Crippen LogP contribution is 2.23. The zero-order valence-corrected chi connectivity index (χ0v) is 16.0. The van der Waals surface area contributed by atoms with Crippen molar-refractivity contribution in [1.29, 1.82) is 0 Å². The van der Waals surface area contributed by atoms with Crippen LogP contribution in [-0.4, -0.2) is 38.4 Å². The van der Waals surface area contributed by atoms with E-state index in [0.717, 1.165) is 11.1 Å². The molecule has 1 fully saturated rings. The first-order valence-corrected chi connectivity index (χ1v) is 9.88. The van der Waals surface area contributed by atoms with Crippen molar-refractivity contribution in [3.05, 3.63) is 29.3 Å². The van der Waals surface area contributed by atoms with Gasteiger partial charge in [-0.05, 0) is 43.9 Å². The van der Waals surface area contributed by atoms with Gasteiger partial charge in [-0.25, -0.2) is 13.1 Å². The van der Waals surface area contributed by atoms with Gasteiger partial charge in [0.15, 0.2) is 0 Å². The van der Waals surface area contributed by atoms with Gasteiger partial charge in [-0.3, -0.25) is 4.79 Å². The Morgan fingerprint density at radius 3 is 2.29 bits per heavy atom. The monoisotopic (exact) mass is 352 g/mol. The number of benzene rings is 1. The number of piperidine rings is 1. The first-order chi connectivity index (χ1) is 11.0. The molecule has 0 aliphatic carbocycles. The lowest BCUT2D eigenvalue weighted by atomic mass is 9.93. The molecule has 1 amide bonds. The highest BCUT2D eigenvalue weighted by atomic mass is 32.2. The number of nitrogens with zero attached hydrogens (tertiary/aromatic N) is 1. The van der Waals surface area contributed by atoms with E-state index < -0.39 is 15.4 Å². The molecule has 0 unspecified atom stereocenters. The maximum absolute atomic E-state index is 12.7. The predicted molar refractivity (Wildman–Crippen MR) is 95.3 cm³/mol. The molecular weight excluding hydrogens is 324 g/mol. The minimum absolute atomic E-state index is 0.123. The molecule has 0 spiro atoms. The van der Waals surface area contributed by atoms with Crippen LogP contribution in [0.3, 0.4) is 0 Å². The van der Waals surface area contributed by atoms with Crippen molar-refractivity contribution in [2.75, 3.05) is 13.1 Å². The maximum Gasteiger partial charge on any atom is 0.241 e. The molecule has 1 aliphatic heterocycles. The molecule has 2 rings (SSSR count). The third-order valence-corrected chi connectivity index (χ3v) is 6.04. The van der Waals surface area contributed by atoms with Crippen LogP contribution in [0.25, 0.3) is 0 Å². The zero-order valence-electron chi connectivity index (χ0n) is 15.2. The van der Waals surface area contributed by atoms with Crippen molar-refractivity contribution < 1.29 is 13.2 Å². The van der Waals surface area contributed by atoms with Gasteiger partial charge in [-0.2, -0.15) is 0 Å². The van der Waals surface area contributed by atoms with E-state index in [1.807, 2.05) is 44.7 Å². The molecule has 0 bridgehead atoms. The van der Waals surface area contributed by atoms with Gasteiger partial charge < -0.3 is 4.90 Å². The average molecular weight is 353 g/mol. The summed E-state index contributed by atoms with van der Waals surface area (Å²) in [4.78, 5) is 14.5. The smallest absolute Gasteiger partial charge is 0.241 e. The Balaban J connectivity index is 2.03. The molecule has 1 saturated heterocycles. The number of nitrogens with one attached hydrogen (secondary N) is 1. The lowest BCUT2D eigenvalue weighted by molar-refractivity contribution is -0.140. The van der Waals surface area contributed by atoms with Gasteiger partial charge in [-0.1, -0.05) is 32.9 Å². The largest absolute Gasteiger partial charge is 0.342 e. The Kier molecular flexibility index (Phi) is 5.40. The molecule has 5 nitrogen and oxygen atoms in total. The van der Waals surface area contributed by atoms with Gasteiger partial charge in [0.25, 0.3) is 0 Å². The summed E-state index contributed by atoms with van der Waals surface area (Å²) in [7, 11) is -3.53. The molecule has 0 radical (unpaired) electrons. The zero-order chi connectivity index (χ0) is 18.1. The van der Waals surface area contributed by atoms with E-state index in [0.29, 0.717) is 30.8 Å². The summed E-state index contributed by atoms with van der Waals surface area (Å²) in [6.45, 7) is 10.6. The van der Waals surface area contributed by atoms with Crippen LogP contribution in [-0.2, 0) is 14.8 Å². The van der Waals surface area contributed by atoms with Crippen molar-refractivity contribution in [1.82, 2.24) is 9.62 Å². The lowest BCUT2D eigenvalue weighted by Gasteiger charge is -2.35. The lowest BCUT2D eigenvalue weighted by Crippen LogP contribution is -2.49. The third kappa shape index (κ3) is 4.36. The van der Waals surface area contributed by atoms with Gasteiger partial charge in [0.05, 0.1) is 4.90 Å². The van der Waals surface area contributed by atoms with Gasteiger partial charge in [0.2, 0.25) is 15.9 Å². The van der Waals surface area contributed by atoms with E-state index in [2.05, 4.69) is 4.72 Å². The van der Waals surface area contributed by atoms with E-state index in [9.17, 15) is 13.2 Å². The summed E-state index contributed by atoms with van der Waals surface area (Å²) < 4.78 is 28.1. The second-order valence-electron chi connectivity index (χ2n) is 7.71. The quantitative estimate of drug-likeness (QED) is 0.909. The molecule has 1 N–H and O–H groups in total. The highest BCUT2D eigenvalue weighted by molar-refractivity contribution is 7.89. The summed E-state index contributed by atoms with van der Waals surface area (Å²) in [5, 5.41) is 0. The minimum Gasteiger partial charge on any atom is -0.342 e. The van der Waals surface area contributed by atoms with Crippen LogP contribution < -0.4 is 4.72 Å². The van der Waals surface area contributed by atoms with E-state index in [1.165, 1.54) is 0 Å². The van der Waals surface area contributed by atoms with Crippen LogP contribution in [0.1, 0.15) is 44.7 Å². The standard InChI is InChI=1S/C18H28N2O3S/c1-13-6-7-14(2)16(12-13)24(22,23)19-15-8-10-20(11-9-15)17(21)18(3,4)5/h6-7,12,15,19H,8-11H2,1-5H3. The highest BCUT2D eigenvalue weighted by Gasteiger charge is 2.32. The van der Waals surface area contributed by atoms with Gasteiger partial charge in [-0.15, -0.1) is 0 Å². The number of amides is 1. The normalized spacial score (nSPS) is 17.1. The number of carbonyl (C=O) groups excluding carboxylic acids is 1. The van der Waals surface area contributed by atoms with Crippen LogP contribution in [0.4, 0.5) is 0 Å². The molecule has 24 heavy (non-hydrogen) atoms. The molecular formula is C18H28N2O3S. The van der Waals surface area contributed by atoms with Crippen LogP contribution in [0, 0.1) is 19.3 Å². The predicted octanol–water partition coefficient (Wildman–Crippen LogP) is 2.62. The van der Waals surface area contributed by atoms with Crippen molar-refractivity contribution in [2.24, 2.45) is 5.41 Å². The second-order valence-corrected chi connectivity index (χ2v) is 9.39. The number of hydrogen-bond acceptors (Lipinski definition) is 3. The molecule has 0 atom stereocenters. The summed E-state index contributed by atoms with van der Waals surface area (Å²) >= 11 is 0. The topological polar surface area (TPSA) is 66.5 Å². The summed E-state index contributed by atoms with van der Waals surface area (Å²) in [6, 6.07) is 5.31.